The molecule has 0 aromatic rings. The van der Waals surface area contributed by atoms with E-state index in [1.54, 1.807) is 6.92 Å². The molecule has 6 heteroatoms. The first-order chi connectivity index (χ1) is 12.6. The van der Waals surface area contributed by atoms with Gasteiger partial charge in [-0.25, -0.2) is 9.59 Å². The Kier molecular flexibility index (Phi) is 4.78. The molecule has 0 radical (unpaired) electrons. The van der Waals surface area contributed by atoms with Crippen LogP contribution in [-0.4, -0.2) is 36.2 Å². The average molecular weight is 374 g/mol. The molecule has 6 nitrogen and oxygen atoms in total. The van der Waals surface area contributed by atoms with Crippen LogP contribution in [0.5, 0.6) is 0 Å². The van der Waals surface area contributed by atoms with E-state index in [4.69, 9.17) is 14.2 Å². The fourth-order valence-electron chi connectivity index (χ4n) is 4.85. The molecular weight excluding hydrogens is 348 g/mol. The van der Waals surface area contributed by atoms with E-state index in [0.29, 0.717) is 18.4 Å². The lowest BCUT2D eigenvalue weighted by Gasteiger charge is -2.41. The van der Waals surface area contributed by atoms with Gasteiger partial charge in [-0.3, -0.25) is 4.79 Å². The summed E-state index contributed by atoms with van der Waals surface area (Å²) >= 11 is 0. The lowest BCUT2D eigenvalue weighted by atomic mass is 9.71. The van der Waals surface area contributed by atoms with Gasteiger partial charge in [0.15, 0.2) is 0 Å². The first kappa shape index (κ1) is 19.4. The van der Waals surface area contributed by atoms with Crippen molar-refractivity contribution in [3.63, 3.8) is 0 Å². The highest BCUT2D eigenvalue weighted by Crippen LogP contribution is 2.56. The number of rotatable bonds is 3. The van der Waals surface area contributed by atoms with Crippen LogP contribution in [-0.2, 0) is 28.6 Å². The first-order valence-electron chi connectivity index (χ1n) is 9.20. The molecule has 1 heterocycles. The Balaban J connectivity index is 2.14. The zero-order valence-electron chi connectivity index (χ0n) is 16.3. The van der Waals surface area contributed by atoms with Gasteiger partial charge in [-0.1, -0.05) is 24.3 Å². The molecule has 3 rings (SSSR count). The van der Waals surface area contributed by atoms with Gasteiger partial charge in [-0.15, -0.1) is 0 Å². The Morgan fingerprint density at radius 2 is 1.93 bits per heavy atom. The minimum Gasteiger partial charge on any atom is -0.461 e. The maximum atomic E-state index is 12.4. The third-order valence-electron chi connectivity index (χ3n) is 6.13. The summed E-state index contributed by atoms with van der Waals surface area (Å²) in [7, 11) is 0. The van der Waals surface area contributed by atoms with E-state index in [0.717, 1.165) is 17.6 Å². The van der Waals surface area contributed by atoms with Crippen molar-refractivity contribution in [2.45, 2.75) is 65.3 Å². The van der Waals surface area contributed by atoms with Crippen LogP contribution in [0.3, 0.4) is 0 Å². The van der Waals surface area contributed by atoms with Crippen molar-refractivity contribution in [1.82, 2.24) is 0 Å². The number of hydrogen-bond donors (Lipinski definition) is 0. The number of ether oxygens (including phenoxy) is 3. The van der Waals surface area contributed by atoms with E-state index in [-0.39, 0.29) is 11.5 Å². The summed E-state index contributed by atoms with van der Waals surface area (Å²) in [5.74, 6) is -1.89. The third-order valence-corrected chi connectivity index (χ3v) is 6.13. The Bertz CT molecular complexity index is 776. The van der Waals surface area contributed by atoms with Gasteiger partial charge in [0, 0.05) is 24.5 Å². The predicted molar refractivity (Wildman–Crippen MR) is 97.4 cm³/mol. The summed E-state index contributed by atoms with van der Waals surface area (Å²) < 4.78 is 17.0. The van der Waals surface area contributed by atoms with Crippen LogP contribution < -0.4 is 0 Å². The van der Waals surface area contributed by atoms with Crippen molar-refractivity contribution in [3.05, 3.63) is 35.5 Å². The second-order valence-electron chi connectivity index (χ2n) is 7.98. The minimum atomic E-state index is -0.753. The standard InChI is InChI=1S/C21H26O6/c1-10(2)19(23)27-18-17-12(4)20(24)26-15(17)9-11(3)14-7-8-16(21(14,18)6)25-13(5)22/h15-18H,1,4,7-9H2,2-3,5-6H3/t15-,16+,17-,18-,21+/m1/s1. The Hall–Kier alpha value is -2.37. The Morgan fingerprint density at radius 3 is 2.52 bits per heavy atom. The number of fused-ring (bicyclic) bond motifs is 2. The van der Waals surface area contributed by atoms with Gasteiger partial charge in [0.05, 0.1) is 11.3 Å². The topological polar surface area (TPSA) is 78.9 Å². The number of esters is 3. The number of carbonyl (C=O) groups excluding carboxylic acids is 3. The lowest BCUT2D eigenvalue weighted by Crippen LogP contribution is -2.49. The molecule has 2 fully saturated rings. The van der Waals surface area contributed by atoms with Crippen LogP contribution in [0.4, 0.5) is 0 Å². The van der Waals surface area contributed by atoms with E-state index in [2.05, 4.69) is 13.2 Å². The third kappa shape index (κ3) is 3.01. The van der Waals surface area contributed by atoms with Gasteiger partial charge in [0.25, 0.3) is 0 Å². The summed E-state index contributed by atoms with van der Waals surface area (Å²) in [5.41, 5.74) is 1.99. The van der Waals surface area contributed by atoms with Crippen molar-refractivity contribution in [2.75, 3.05) is 0 Å². The molecule has 1 saturated heterocycles. The first-order valence-corrected chi connectivity index (χ1v) is 9.20. The van der Waals surface area contributed by atoms with Gasteiger partial charge in [0.1, 0.15) is 18.3 Å². The quantitative estimate of drug-likeness (QED) is 0.327. The van der Waals surface area contributed by atoms with Crippen LogP contribution in [0.25, 0.3) is 0 Å². The van der Waals surface area contributed by atoms with E-state index in [1.807, 2.05) is 13.8 Å². The molecule has 3 aliphatic rings. The molecular formula is C21H26O6. The van der Waals surface area contributed by atoms with Crippen molar-refractivity contribution >= 4 is 17.9 Å². The maximum absolute atomic E-state index is 12.4. The van der Waals surface area contributed by atoms with Crippen molar-refractivity contribution in [1.29, 1.82) is 0 Å². The molecule has 0 spiro atoms. The van der Waals surface area contributed by atoms with E-state index >= 15 is 0 Å². The molecule has 0 unspecified atom stereocenters. The van der Waals surface area contributed by atoms with Crippen LogP contribution in [0, 0.1) is 11.3 Å². The van der Waals surface area contributed by atoms with Crippen molar-refractivity contribution < 1.29 is 28.6 Å². The largest absolute Gasteiger partial charge is 0.461 e. The van der Waals surface area contributed by atoms with Gasteiger partial charge in [0.2, 0.25) is 0 Å². The molecule has 0 aromatic carbocycles. The van der Waals surface area contributed by atoms with E-state index < -0.39 is 41.6 Å². The van der Waals surface area contributed by atoms with Gasteiger partial charge < -0.3 is 14.2 Å². The number of carbonyl (C=O) groups is 3. The van der Waals surface area contributed by atoms with Crippen LogP contribution in [0.2, 0.25) is 0 Å². The van der Waals surface area contributed by atoms with Gasteiger partial charge in [-0.05, 0) is 33.6 Å². The van der Waals surface area contributed by atoms with Gasteiger partial charge in [-0.2, -0.15) is 0 Å². The fourth-order valence-corrected chi connectivity index (χ4v) is 4.85. The van der Waals surface area contributed by atoms with Crippen molar-refractivity contribution in [2.24, 2.45) is 11.3 Å². The lowest BCUT2D eigenvalue weighted by molar-refractivity contribution is -0.167. The highest BCUT2D eigenvalue weighted by atomic mass is 16.6. The molecule has 1 aliphatic heterocycles. The Labute approximate surface area is 159 Å². The smallest absolute Gasteiger partial charge is 0.334 e. The summed E-state index contributed by atoms with van der Waals surface area (Å²) in [5, 5.41) is 0. The molecule has 27 heavy (non-hydrogen) atoms. The fraction of sp³-hybridized carbons (Fsp3) is 0.571. The zero-order valence-corrected chi connectivity index (χ0v) is 16.3. The van der Waals surface area contributed by atoms with E-state index in [9.17, 15) is 14.4 Å². The SMILES string of the molecule is C=C(C)C(=O)O[C@@H]1[C@@H]2C(=C)C(=O)O[C@@H]2CC(C)=C2CC[C@H](OC(C)=O)[C@]21C. The second-order valence-corrected chi connectivity index (χ2v) is 7.98. The predicted octanol–water partition coefficient (Wildman–Crippen LogP) is 3.02. The maximum Gasteiger partial charge on any atom is 0.334 e. The summed E-state index contributed by atoms with van der Waals surface area (Å²) in [4.78, 5) is 36.3. The normalized spacial score (nSPS) is 35.1. The molecule has 2 aliphatic carbocycles. The minimum absolute atomic E-state index is 0.263. The molecule has 0 N–H and O–H groups in total. The molecule has 0 bridgehead atoms. The second kappa shape index (κ2) is 6.66. The molecule has 1 saturated carbocycles. The van der Waals surface area contributed by atoms with E-state index in [1.165, 1.54) is 6.92 Å². The summed E-state index contributed by atoms with van der Waals surface area (Å²) in [6, 6.07) is 0. The van der Waals surface area contributed by atoms with Gasteiger partial charge >= 0.3 is 17.9 Å². The molecule has 5 atom stereocenters. The van der Waals surface area contributed by atoms with Crippen LogP contribution >= 0.6 is 0 Å². The highest BCUT2D eigenvalue weighted by molar-refractivity contribution is 5.91. The summed E-state index contributed by atoms with van der Waals surface area (Å²) in [6.07, 6.45) is 0.300. The monoisotopic (exact) mass is 374 g/mol. The average Bonchev–Trinajstić information content (AvgIpc) is 3.00. The van der Waals surface area contributed by atoms with Crippen LogP contribution in [0.15, 0.2) is 35.5 Å². The zero-order chi connectivity index (χ0) is 20.1. The van der Waals surface area contributed by atoms with Crippen molar-refractivity contribution in [3.8, 4) is 0 Å². The summed E-state index contributed by atoms with van der Waals surface area (Å²) in [6.45, 7) is 14.5. The Morgan fingerprint density at radius 1 is 1.26 bits per heavy atom. The number of hydrogen-bond acceptors (Lipinski definition) is 6. The molecule has 0 amide bonds. The van der Waals surface area contributed by atoms with Crippen LogP contribution in [0.1, 0.15) is 47.0 Å². The molecule has 0 aromatic heterocycles. The highest BCUT2D eigenvalue weighted by Gasteiger charge is 2.61. The molecule has 146 valence electrons.